The highest BCUT2D eigenvalue weighted by atomic mass is 16.1. The van der Waals surface area contributed by atoms with E-state index < -0.39 is 0 Å². The molecule has 0 bridgehead atoms. The van der Waals surface area contributed by atoms with Crippen molar-refractivity contribution in [3.8, 4) is 0 Å². The number of aldehydes is 1. The summed E-state index contributed by atoms with van der Waals surface area (Å²) in [7, 11) is 0. The van der Waals surface area contributed by atoms with Crippen molar-refractivity contribution in [2.45, 2.75) is 6.42 Å². The van der Waals surface area contributed by atoms with Crippen molar-refractivity contribution >= 4 is 18.0 Å². The van der Waals surface area contributed by atoms with Gasteiger partial charge in [0, 0.05) is 24.4 Å². The minimum atomic E-state index is 0.421. The summed E-state index contributed by atoms with van der Waals surface area (Å²) >= 11 is 0. The number of allylic oxidation sites excluding steroid dienone is 1. The summed E-state index contributed by atoms with van der Waals surface area (Å²) in [5, 5.41) is 4.11. The van der Waals surface area contributed by atoms with Gasteiger partial charge in [-0.1, -0.05) is 12.2 Å². The number of hydrogen-bond donors (Lipinski definition) is 0. The maximum Gasteiger partial charge on any atom is 0.162 e. The minimum absolute atomic E-state index is 0.421. The molecule has 4 nitrogen and oxygen atoms in total. The molecule has 0 fully saturated rings. The van der Waals surface area contributed by atoms with Crippen molar-refractivity contribution in [3.63, 3.8) is 0 Å². The zero-order valence-corrected chi connectivity index (χ0v) is 7.50. The molecule has 0 aromatic carbocycles. The van der Waals surface area contributed by atoms with E-state index in [0.29, 0.717) is 6.42 Å². The van der Waals surface area contributed by atoms with E-state index in [4.69, 9.17) is 0 Å². The van der Waals surface area contributed by atoms with Gasteiger partial charge in [0.05, 0.1) is 6.20 Å². The van der Waals surface area contributed by atoms with Gasteiger partial charge in [-0.05, 0) is 6.07 Å². The molecule has 0 saturated heterocycles. The zero-order chi connectivity index (χ0) is 9.80. The molecule has 2 heterocycles. The van der Waals surface area contributed by atoms with Crippen molar-refractivity contribution in [1.82, 2.24) is 14.6 Å². The summed E-state index contributed by atoms with van der Waals surface area (Å²) in [4.78, 5) is 14.3. The second-order valence-electron chi connectivity index (χ2n) is 2.79. The quantitative estimate of drug-likeness (QED) is 0.681. The van der Waals surface area contributed by atoms with Gasteiger partial charge in [0.25, 0.3) is 0 Å². The average Bonchev–Trinajstić information content (AvgIpc) is 2.63. The first-order valence-electron chi connectivity index (χ1n) is 4.30. The zero-order valence-electron chi connectivity index (χ0n) is 7.50. The maximum absolute atomic E-state index is 10.1. The third kappa shape index (κ3) is 1.54. The van der Waals surface area contributed by atoms with Crippen molar-refractivity contribution in [3.05, 3.63) is 36.3 Å². The lowest BCUT2D eigenvalue weighted by Crippen LogP contribution is -1.86. The van der Waals surface area contributed by atoms with Crippen molar-refractivity contribution < 1.29 is 4.79 Å². The van der Waals surface area contributed by atoms with Crippen LogP contribution in [0.3, 0.4) is 0 Å². The molecule has 0 aliphatic rings. The fourth-order valence-corrected chi connectivity index (χ4v) is 1.21. The van der Waals surface area contributed by atoms with E-state index in [0.717, 1.165) is 17.5 Å². The van der Waals surface area contributed by atoms with Gasteiger partial charge in [-0.25, -0.2) is 9.50 Å². The Morgan fingerprint density at radius 3 is 3.29 bits per heavy atom. The van der Waals surface area contributed by atoms with Crippen LogP contribution in [0.5, 0.6) is 0 Å². The fourth-order valence-electron chi connectivity index (χ4n) is 1.21. The van der Waals surface area contributed by atoms with Crippen LogP contribution in [-0.4, -0.2) is 20.9 Å². The summed E-state index contributed by atoms with van der Waals surface area (Å²) < 4.78 is 1.70. The van der Waals surface area contributed by atoms with E-state index in [1.807, 2.05) is 18.3 Å². The standard InChI is InChI=1S/C10H9N3O/c14-7-2-1-4-9-8-12-13-6-3-5-11-10(9)13/h1,3-8H,2H2. The van der Waals surface area contributed by atoms with E-state index in [9.17, 15) is 4.79 Å². The molecule has 4 heteroatoms. The summed E-state index contributed by atoms with van der Waals surface area (Å²) in [5.41, 5.74) is 1.72. The number of carbonyl (C=O) groups is 1. The Bertz CT molecular complexity index is 473. The molecule has 0 aliphatic heterocycles. The first-order valence-corrected chi connectivity index (χ1v) is 4.30. The van der Waals surface area contributed by atoms with Crippen LogP contribution in [0.15, 0.2) is 30.7 Å². The third-order valence-electron chi connectivity index (χ3n) is 1.84. The lowest BCUT2D eigenvalue weighted by Gasteiger charge is -1.90. The normalized spacial score (nSPS) is 11.1. The molecule has 2 aromatic rings. The van der Waals surface area contributed by atoms with Gasteiger partial charge in [-0.2, -0.15) is 5.10 Å². The van der Waals surface area contributed by atoms with Crippen LogP contribution in [0.25, 0.3) is 11.7 Å². The molecule has 0 amide bonds. The third-order valence-corrected chi connectivity index (χ3v) is 1.84. The second kappa shape index (κ2) is 3.83. The summed E-state index contributed by atoms with van der Waals surface area (Å²) in [5.74, 6) is 0. The van der Waals surface area contributed by atoms with Crippen molar-refractivity contribution in [1.29, 1.82) is 0 Å². The molecule has 0 spiro atoms. The average molecular weight is 187 g/mol. The molecule has 0 radical (unpaired) electrons. The van der Waals surface area contributed by atoms with E-state index in [1.165, 1.54) is 0 Å². The monoisotopic (exact) mass is 187 g/mol. The van der Waals surface area contributed by atoms with Crippen LogP contribution in [0.1, 0.15) is 12.0 Å². The van der Waals surface area contributed by atoms with Crippen LogP contribution < -0.4 is 0 Å². The Morgan fingerprint density at radius 2 is 2.43 bits per heavy atom. The molecule has 2 aromatic heterocycles. The smallest absolute Gasteiger partial charge is 0.162 e. The van der Waals surface area contributed by atoms with Gasteiger partial charge >= 0.3 is 0 Å². The summed E-state index contributed by atoms with van der Waals surface area (Å²) in [6.07, 6.45) is 10.2. The Morgan fingerprint density at radius 1 is 1.50 bits per heavy atom. The SMILES string of the molecule is O=CCC=Cc1cnn2cccnc12. The summed E-state index contributed by atoms with van der Waals surface area (Å²) in [6.45, 7) is 0. The Labute approximate surface area is 80.9 Å². The van der Waals surface area contributed by atoms with E-state index in [-0.39, 0.29) is 0 Å². The molecule has 70 valence electrons. The largest absolute Gasteiger partial charge is 0.303 e. The van der Waals surface area contributed by atoms with E-state index in [1.54, 1.807) is 23.0 Å². The van der Waals surface area contributed by atoms with Gasteiger partial charge < -0.3 is 4.79 Å². The molecular formula is C10H9N3O. The van der Waals surface area contributed by atoms with Crippen molar-refractivity contribution in [2.75, 3.05) is 0 Å². The van der Waals surface area contributed by atoms with Crippen LogP contribution >= 0.6 is 0 Å². The van der Waals surface area contributed by atoms with Crippen LogP contribution in [0.4, 0.5) is 0 Å². The van der Waals surface area contributed by atoms with Gasteiger partial charge in [-0.3, -0.25) is 0 Å². The van der Waals surface area contributed by atoms with Gasteiger partial charge in [-0.15, -0.1) is 0 Å². The highest BCUT2D eigenvalue weighted by Crippen LogP contribution is 2.08. The minimum Gasteiger partial charge on any atom is -0.303 e. The second-order valence-corrected chi connectivity index (χ2v) is 2.79. The number of carbonyl (C=O) groups excluding carboxylic acids is 1. The Balaban J connectivity index is 2.38. The number of fused-ring (bicyclic) bond motifs is 1. The van der Waals surface area contributed by atoms with Gasteiger partial charge in [0.1, 0.15) is 6.29 Å². The van der Waals surface area contributed by atoms with Gasteiger partial charge in [0.15, 0.2) is 5.65 Å². The topological polar surface area (TPSA) is 47.3 Å². The maximum atomic E-state index is 10.1. The molecule has 0 N–H and O–H groups in total. The molecule has 14 heavy (non-hydrogen) atoms. The first kappa shape index (κ1) is 8.62. The number of hydrogen-bond acceptors (Lipinski definition) is 3. The molecule has 0 aliphatic carbocycles. The Kier molecular flexibility index (Phi) is 2.36. The lowest BCUT2D eigenvalue weighted by molar-refractivity contribution is -0.107. The van der Waals surface area contributed by atoms with Crippen LogP contribution in [-0.2, 0) is 4.79 Å². The predicted molar refractivity (Wildman–Crippen MR) is 52.7 cm³/mol. The predicted octanol–water partition coefficient (Wildman–Crippen LogP) is 1.33. The number of rotatable bonds is 3. The fraction of sp³-hybridized carbons (Fsp3) is 0.100. The van der Waals surface area contributed by atoms with Crippen LogP contribution in [0, 0.1) is 0 Å². The molecule has 0 unspecified atom stereocenters. The molecular weight excluding hydrogens is 178 g/mol. The van der Waals surface area contributed by atoms with E-state index in [2.05, 4.69) is 10.1 Å². The van der Waals surface area contributed by atoms with Crippen molar-refractivity contribution in [2.24, 2.45) is 0 Å². The Hall–Kier alpha value is -1.97. The molecule has 0 saturated carbocycles. The number of nitrogens with zero attached hydrogens (tertiary/aromatic N) is 3. The highest BCUT2D eigenvalue weighted by Gasteiger charge is 1.99. The highest BCUT2D eigenvalue weighted by molar-refractivity contribution is 5.66. The summed E-state index contributed by atoms with van der Waals surface area (Å²) in [6, 6.07) is 1.82. The lowest BCUT2D eigenvalue weighted by atomic mass is 10.3. The van der Waals surface area contributed by atoms with E-state index >= 15 is 0 Å². The molecule has 2 rings (SSSR count). The molecule has 0 atom stereocenters. The van der Waals surface area contributed by atoms with Crippen LogP contribution in [0.2, 0.25) is 0 Å². The van der Waals surface area contributed by atoms with Gasteiger partial charge in [0.2, 0.25) is 0 Å². The first-order chi connectivity index (χ1) is 6.92. The number of aromatic nitrogens is 3.